The first kappa shape index (κ1) is 16.4. The van der Waals surface area contributed by atoms with Crippen molar-refractivity contribution in [2.24, 2.45) is 0 Å². The van der Waals surface area contributed by atoms with Gasteiger partial charge in [-0.1, -0.05) is 11.8 Å². The lowest BCUT2D eigenvalue weighted by Crippen LogP contribution is -2.32. The molecule has 0 spiro atoms. The van der Waals surface area contributed by atoms with Crippen LogP contribution in [0.15, 0.2) is 18.2 Å². The molecule has 3 N–H and O–H groups in total. The molecular formula is C15H17NO5. The molecule has 0 radical (unpaired) electrons. The van der Waals surface area contributed by atoms with Crippen LogP contribution in [0.25, 0.3) is 0 Å². The monoisotopic (exact) mass is 291 g/mol. The summed E-state index contributed by atoms with van der Waals surface area (Å²) in [4.78, 5) is 22.2. The van der Waals surface area contributed by atoms with Gasteiger partial charge in [0.1, 0.15) is 11.4 Å². The zero-order valence-corrected chi connectivity index (χ0v) is 12.1. The van der Waals surface area contributed by atoms with Gasteiger partial charge < -0.3 is 20.3 Å². The zero-order valence-electron chi connectivity index (χ0n) is 12.1. The Bertz CT molecular complexity index is 605. The van der Waals surface area contributed by atoms with Crippen molar-refractivity contribution in [3.05, 3.63) is 29.3 Å². The molecule has 0 heterocycles. The Morgan fingerprint density at radius 3 is 2.57 bits per heavy atom. The zero-order chi connectivity index (χ0) is 16.0. The topological polar surface area (TPSA) is 95.9 Å². The highest BCUT2D eigenvalue weighted by Crippen LogP contribution is 2.17. The van der Waals surface area contributed by atoms with Crippen LogP contribution in [0.2, 0.25) is 0 Å². The summed E-state index contributed by atoms with van der Waals surface area (Å²) in [6, 6.07) is 3.80. The minimum absolute atomic E-state index is 0.0195. The van der Waals surface area contributed by atoms with Gasteiger partial charge in [-0.3, -0.25) is 0 Å². The smallest absolute Gasteiger partial charge is 0.408 e. The quantitative estimate of drug-likeness (QED) is 0.724. The van der Waals surface area contributed by atoms with E-state index in [1.54, 1.807) is 20.8 Å². The lowest BCUT2D eigenvalue weighted by molar-refractivity contribution is 0.0534. The molecule has 0 bridgehead atoms. The number of carbonyl (C=O) groups is 2. The highest BCUT2D eigenvalue weighted by Gasteiger charge is 2.15. The Morgan fingerprint density at radius 1 is 1.33 bits per heavy atom. The summed E-state index contributed by atoms with van der Waals surface area (Å²) in [6.45, 7) is 5.25. The molecule has 112 valence electrons. The van der Waals surface area contributed by atoms with Crippen LogP contribution in [0.5, 0.6) is 5.75 Å². The number of ether oxygens (including phenoxy) is 1. The summed E-state index contributed by atoms with van der Waals surface area (Å²) >= 11 is 0. The first-order valence-corrected chi connectivity index (χ1v) is 6.21. The number of alkyl carbamates (subject to hydrolysis) is 1. The molecule has 21 heavy (non-hydrogen) atoms. The van der Waals surface area contributed by atoms with Gasteiger partial charge in [0.05, 0.1) is 17.7 Å². The third-order valence-corrected chi connectivity index (χ3v) is 2.19. The molecule has 1 aromatic carbocycles. The van der Waals surface area contributed by atoms with Crippen LogP contribution < -0.4 is 5.32 Å². The molecule has 0 aliphatic carbocycles. The number of amides is 1. The molecule has 0 atom stereocenters. The Kier molecular flexibility index (Phi) is 5.19. The van der Waals surface area contributed by atoms with Crippen LogP contribution in [-0.4, -0.2) is 34.4 Å². The highest BCUT2D eigenvalue weighted by atomic mass is 16.6. The summed E-state index contributed by atoms with van der Waals surface area (Å²) < 4.78 is 5.02. The number of hydrogen-bond acceptors (Lipinski definition) is 4. The van der Waals surface area contributed by atoms with E-state index in [0.717, 1.165) is 0 Å². The van der Waals surface area contributed by atoms with Crippen LogP contribution in [-0.2, 0) is 4.74 Å². The van der Waals surface area contributed by atoms with Crippen molar-refractivity contribution < 1.29 is 24.5 Å². The van der Waals surface area contributed by atoms with Gasteiger partial charge in [-0.2, -0.15) is 0 Å². The van der Waals surface area contributed by atoms with Gasteiger partial charge in [-0.05, 0) is 39.0 Å². The summed E-state index contributed by atoms with van der Waals surface area (Å²) in [6.07, 6.45) is -0.597. The molecule has 0 aliphatic heterocycles. The number of benzene rings is 1. The maximum Gasteiger partial charge on any atom is 0.408 e. The van der Waals surface area contributed by atoms with Crippen molar-refractivity contribution in [1.29, 1.82) is 0 Å². The Labute approximate surface area is 122 Å². The third kappa shape index (κ3) is 5.87. The standard InChI is InChI=1S/C15H17NO5/c1-15(2,3)21-14(20)16-8-4-5-10-9-11(13(18)19)6-7-12(10)17/h6-7,9,17H,8H2,1-3H3,(H,16,20)(H,18,19). The number of aromatic carboxylic acids is 1. The lowest BCUT2D eigenvalue weighted by Gasteiger charge is -2.19. The average molecular weight is 291 g/mol. The summed E-state index contributed by atoms with van der Waals surface area (Å²) in [5, 5.41) is 20.9. The van der Waals surface area contributed by atoms with E-state index in [1.807, 2.05) is 0 Å². The fourth-order valence-corrected chi connectivity index (χ4v) is 1.34. The molecule has 0 aromatic heterocycles. The maximum absolute atomic E-state index is 11.4. The van der Waals surface area contributed by atoms with Crippen LogP contribution >= 0.6 is 0 Å². The van der Waals surface area contributed by atoms with Gasteiger partial charge in [0.2, 0.25) is 0 Å². The lowest BCUT2D eigenvalue weighted by atomic mass is 10.1. The number of aromatic hydroxyl groups is 1. The fraction of sp³-hybridized carbons (Fsp3) is 0.333. The molecule has 0 saturated carbocycles. The average Bonchev–Trinajstić information content (AvgIpc) is 2.34. The Hall–Kier alpha value is -2.68. The van der Waals surface area contributed by atoms with E-state index in [2.05, 4.69) is 17.2 Å². The summed E-state index contributed by atoms with van der Waals surface area (Å²) in [7, 11) is 0. The third-order valence-electron chi connectivity index (χ3n) is 2.19. The van der Waals surface area contributed by atoms with Crippen molar-refractivity contribution in [1.82, 2.24) is 5.32 Å². The second kappa shape index (κ2) is 6.66. The van der Waals surface area contributed by atoms with E-state index in [1.165, 1.54) is 18.2 Å². The predicted octanol–water partition coefficient (Wildman–Crippen LogP) is 1.97. The second-order valence-electron chi connectivity index (χ2n) is 5.19. The Morgan fingerprint density at radius 2 is 2.00 bits per heavy atom. The van der Waals surface area contributed by atoms with Crippen molar-refractivity contribution in [2.45, 2.75) is 26.4 Å². The molecule has 0 fully saturated rings. The van der Waals surface area contributed by atoms with Crippen LogP contribution in [0.3, 0.4) is 0 Å². The number of rotatable bonds is 2. The predicted molar refractivity (Wildman–Crippen MR) is 76.2 cm³/mol. The van der Waals surface area contributed by atoms with Gasteiger partial charge in [-0.25, -0.2) is 9.59 Å². The molecule has 1 rings (SSSR count). The number of nitrogens with one attached hydrogen (secondary N) is 1. The minimum Gasteiger partial charge on any atom is -0.507 e. The Balaban J connectivity index is 2.65. The largest absolute Gasteiger partial charge is 0.507 e. The molecule has 6 nitrogen and oxygen atoms in total. The first-order chi connectivity index (χ1) is 9.69. The van der Waals surface area contributed by atoms with Crippen molar-refractivity contribution in [2.75, 3.05) is 6.54 Å². The molecule has 6 heteroatoms. The van der Waals surface area contributed by atoms with Crippen molar-refractivity contribution in [3.8, 4) is 17.6 Å². The van der Waals surface area contributed by atoms with E-state index in [0.29, 0.717) is 0 Å². The molecule has 0 saturated heterocycles. The highest BCUT2D eigenvalue weighted by molar-refractivity contribution is 5.88. The van der Waals surface area contributed by atoms with E-state index >= 15 is 0 Å². The number of hydrogen-bond donors (Lipinski definition) is 3. The molecule has 1 aromatic rings. The number of carboxylic acid groups (broad SMARTS) is 1. The molecule has 0 unspecified atom stereocenters. The minimum atomic E-state index is -1.11. The van der Waals surface area contributed by atoms with Gasteiger partial charge in [0, 0.05) is 0 Å². The normalized spacial score (nSPS) is 10.2. The van der Waals surface area contributed by atoms with Crippen LogP contribution in [0, 0.1) is 11.8 Å². The van der Waals surface area contributed by atoms with Gasteiger partial charge in [0.25, 0.3) is 0 Å². The number of phenols is 1. The van der Waals surface area contributed by atoms with Crippen LogP contribution in [0.4, 0.5) is 4.79 Å². The number of carbonyl (C=O) groups excluding carboxylic acids is 1. The summed E-state index contributed by atoms with van der Waals surface area (Å²) in [5.41, 5.74) is -0.385. The molecule has 0 aliphatic rings. The van der Waals surface area contributed by atoms with Crippen LogP contribution in [0.1, 0.15) is 36.7 Å². The van der Waals surface area contributed by atoms with Gasteiger partial charge in [0.15, 0.2) is 0 Å². The van der Waals surface area contributed by atoms with Gasteiger partial charge >= 0.3 is 12.1 Å². The van der Waals surface area contributed by atoms with Crippen molar-refractivity contribution >= 4 is 12.1 Å². The van der Waals surface area contributed by atoms with Crippen molar-refractivity contribution in [3.63, 3.8) is 0 Å². The SMILES string of the molecule is CC(C)(C)OC(=O)NCC#Cc1cc(C(=O)O)ccc1O. The maximum atomic E-state index is 11.4. The number of carboxylic acids is 1. The van der Waals surface area contributed by atoms with E-state index < -0.39 is 17.7 Å². The fourth-order valence-electron chi connectivity index (χ4n) is 1.34. The van der Waals surface area contributed by atoms with E-state index in [-0.39, 0.29) is 23.4 Å². The van der Waals surface area contributed by atoms with Gasteiger partial charge in [-0.15, -0.1) is 0 Å². The molecular weight excluding hydrogens is 274 g/mol. The van der Waals surface area contributed by atoms with E-state index in [4.69, 9.17) is 9.84 Å². The van der Waals surface area contributed by atoms with E-state index in [9.17, 15) is 14.7 Å². The summed E-state index contributed by atoms with van der Waals surface area (Å²) in [5.74, 6) is 3.98. The molecule has 1 amide bonds. The first-order valence-electron chi connectivity index (χ1n) is 6.21. The number of phenolic OH excluding ortho intramolecular Hbond substituents is 1. The second-order valence-corrected chi connectivity index (χ2v) is 5.19.